The van der Waals surface area contributed by atoms with Crippen molar-refractivity contribution < 1.29 is 4.42 Å². The highest BCUT2D eigenvalue weighted by Crippen LogP contribution is 2.30. The zero-order valence-corrected chi connectivity index (χ0v) is 19.4. The van der Waals surface area contributed by atoms with Crippen LogP contribution >= 0.6 is 11.8 Å². The Morgan fingerprint density at radius 1 is 1.06 bits per heavy atom. The molecule has 164 valence electrons. The Bertz CT molecular complexity index is 1220. The molecule has 2 aromatic heterocycles. The van der Waals surface area contributed by atoms with Gasteiger partial charge >= 0.3 is 0 Å². The lowest BCUT2D eigenvalue weighted by atomic mass is 10.1. The van der Waals surface area contributed by atoms with Gasteiger partial charge in [-0.15, -0.1) is 22.0 Å². The summed E-state index contributed by atoms with van der Waals surface area (Å²) in [7, 11) is 1.92. The molecule has 2 aromatic carbocycles. The van der Waals surface area contributed by atoms with Crippen LogP contribution in [0.1, 0.15) is 25.0 Å². The third-order valence-electron chi connectivity index (χ3n) is 4.85. The number of nitrogens with one attached hydrogen (secondary N) is 1. The molecule has 32 heavy (non-hydrogen) atoms. The average molecular weight is 447 g/mol. The number of anilines is 1. The van der Waals surface area contributed by atoms with Crippen LogP contribution in [0.2, 0.25) is 0 Å². The molecule has 0 saturated carbocycles. The van der Waals surface area contributed by atoms with Crippen molar-refractivity contribution in [3.8, 4) is 34.3 Å². The molecule has 0 unspecified atom stereocenters. The van der Waals surface area contributed by atoms with Gasteiger partial charge in [-0.1, -0.05) is 38.1 Å². The Morgan fingerprint density at radius 2 is 1.81 bits per heavy atom. The smallest absolute Gasteiger partial charge is 0.270 e. The zero-order chi connectivity index (χ0) is 22.7. The minimum absolute atomic E-state index is 0.247. The lowest BCUT2D eigenvalue weighted by Gasteiger charge is -2.07. The fourth-order valence-corrected chi connectivity index (χ4v) is 4.22. The molecule has 2 heterocycles. The van der Waals surface area contributed by atoms with Crippen LogP contribution in [0.4, 0.5) is 5.82 Å². The monoisotopic (exact) mass is 446 g/mol. The fraction of sp³-hybridized carbons (Fsp3) is 0.250. The van der Waals surface area contributed by atoms with Crippen LogP contribution in [0.15, 0.2) is 58.0 Å². The highest BCUT2D eigenvalue weighted by Gasteiger charge is 2.18. The summed E-state index contributed by atoms with van der Waals surface area (Å²) in [5.41, 5.74) is 11.2. The molecular formula is C24H26N6OS. The Labute approximate surface area is 191 Å². The van der Waals surface area contributed by atoms with Gasteiger partial charge in [0, 0.05) is 27.8 Å². The summed E-state index contributed by atoms with van der Waals surface area (Å²) >= 11 is 1.82. The number of hydrogen-bond donors (Lipinski definition) is 2. The van der Waals surface area contributed by atoms with Gasteiger partial charge in [-0.05, 0) is 43.3 Å². The summed E-state index contributed by atoms with van der Waals surface area (Å²) in [4.78, 5) is 10.2. The van der Waals surface area contributed by atoms with Gasteiger partial charge in [0.1, 0.15) is 0 Å². The Hall–Kier alpha value is -3.23. The van der Waals surface area contributed by atoms with Gasteiger partial charge in [0.15, 0.2) is 11.5 Å². The van der Waals surface area contributed by atoms with Crippen LogP contribution in [-0.4, -0.2) is 32.5 Å². The molecule has 0 aliphatic heterocycles. The van der Waals surface area contributed by atoms with E-state index in [0.717, 1.165) is 23.2 Å². The summed E-state index contributed by atoms with van der Waals surface area (Å²) in [6, 6.07) is 14.4. The van der Waals surface area contributed by atoms with Crippen LogP contribution in [0.3, 0.4) is 0 Å². The molecule has 0 saturated heterocycles. The Kier molecular flexibility index (Phi) is 6.53. The van der Waals surface area contributed by atoms with Gasteiger partial charge in [0.2, 0.25) is 5.89 Å². The Balaban J connectivity index is 1.63. The zero-order valence-electron chi connectivity index (χ0n) is 18.6. The van der Waals surface area contributed by atoms with Crippen molar-refractivity contribution in [3.63, 3.8) is 0 Å². The topological polar surface area (TPSA) is 103 Å². The van der Waals surface area contributed by atoms with Crippen LogP contribution < -0.4 is 11.1 Å². The van der Waals surface area contributed by atoms with Crippen LogP contribution in [-0.2, 0) is 6.54 Å². The van der Waals surface area contributed by atoms with Crippen molar-refractivity contribution in [1.82, 2.24) is 25.5 Å². The molecular weight excluding hydrogens is 420 g/mol. The van der Waals surface area contributed by atoms with Gasteiger partial charge in [-0.3, -0.25) is 0 Å². The van der Waals surface area contributed by atoms with E-state index >= 15 is 0 Å². The normalized spacial score (nSPS) is 11.3. The predicted octanol–water partition coefficient (Wildman–Crippen LogP) is 4.97. The molecule has 0 aliphatic rings. The van der Waals surface area contributed by atoms with E-state index in [4.69, 9.17) is 10.2 Å². The number of benzene rings is 2. The maximum atomic E-state index is 6.10. The molecule has 0 aliphatic carbocycles. The molecule has 0 atom stereocenters. The van der Waals surface area contributed by atoms with Gasteiger partial charge in [-0.25, -0.2) is 9.97 Å². The maximum absolute atomic E-state index is 6.10. The van der Waals surface area contributed by atoms with Gasteiger partial charge in [0.05, 0.1) is 11.9 Å². The molecule has 8 heteroatoms. The molecule has 0 spiro atoms. The molecule has 4 aromatic rings. The number of hydrogen-bond acceptors (Lipinski definition) is 8. The molecule has 0 amide bonds. The summed E-state index contributed by atoms with van der Waals surface area (Å²) in [6.07, 6.45) is 1.66. The van der Waals surface area contributed by atoms with Crippen molar-refractivity contribution in [2.75, 3.05) is 12.8 Å². The number of aryl methyl sites for hydroxylation is 1. The molecule has 4 rings (SSSR count). The number of thioether (sulfide) groups is 1. The van der Waals surface area contributed by atoms with Crippen LogP contribution in [0.25, 0.3) is 34.3 Å². The lowest BCUT2D eigenvalue weighted by Crippen LogP contribution is -2.05. The SMILES string of the molecule is CNCc1ccc(-c2nnc(-c3nc(-c4ccc(SC(C)C)cc4)cnc3N)o2)c(C)c1. The van der Waals surface area contributed by atoms with Crippen molar-refractivity contribution in [2.24, 2.45) is 0 Å². The quantitative estimate of drug-likeness (QED) is 0.384. The average Bonchev–Trinajstić information content (AvgIpc) is 3.24. The molecule has 0 fully saturated rings. The third kappa shape index (κ3) is 4.81. The predicted molar refractivity (Wildman–Crippen MR) is 129 cm³/mol. The number of aromatic nitrogens is 4. The van der Waals surface area contributed by atoms with E-state index in [1.54, 1.807) is 6.20 Å². The van der Waals surface area contributed by atoms with Crippen molar-refractivity contribution in [3.05, 3.63) is 59.8 Å². The van der Waals surface area contributed by atoms with Crippen molar-refractivity contribution in [2.45, 2.75) is 37.5 Å². The molecule has 7 nitrogen and oxygen atoms in total. The number of nitrogens with two attached hydrogens (primary N) is 1. The van der Waals surface area contributed by atoms with E-state index in [0.29, 0.717) is 22.5 Å². The first-order chi connectivity index (χ1) is 15.4. The summed E-state index contributed by atoms with van der Waals surface area (Å²) in [5.74, 6) is 0.921. The fourth-order valence-electron chi connectivity index (χ4n) is 3.38. The molecule has 0 radical (unpaired) electrons. The second kappa shape index (κ2) is 9.50. The molecule has 0 bridgehead atoms. The van der Waals surface area contributed by atoms with Gasteiger partial charge in [-0.2, -0.15) is 0 Å². The van der Waals surface area contributed by atoms with E-state index in [-0.39, 0.29) is 11.7 Å². The van der Waals surface area contributed by atoms with Crippen molar-refractivity contribution >= 4 is 17.6 Å². The largest absolute Gasteiger partial charge is 0.414 e. The second-order valence-electron chi connectivity index (χ2n) is 7.77. The highest BCUT2D eigenvalue weighted by molar-refractivity contribution is 7.99. The van der Waals surface area contributed by atoms with Crippen LogP contribution in [0, 0.1) is 6.92 Å². The standard InChI is InChI=1S/C24H26N6OS/c1-14(2)32-18-8-6-17(7-9-18)20-13-27-22(25)21(28-20)24-30-29-23(31-24)19-10-5-16(12-26-4)11-15(19)3/h5-11,13-14,26H,12H2,1-4H3,(H2,25,27). The summed E-state index contributed by atoms with van der Waals surface area (Å²) < 4.78 is 5.95. The first-order valence-corrected chi connectivity index (χ1v) is 11.3. The first kappa shape index (κ1) is 22.0. The van der Waals surface area contributed by atoms with E-state index in [1.807, 2.05) is 50.0 Å². The van der Waals surface area contributed by atoms with E-state index in [1.165, 1.54) is 10.5 Å². The minimum atomic E-state index is 0.247. The number of nitrogen functional groups attached to an aromatic ring is 1. The maximum Gasteiger partial charge on any atom is 0.270 e. The Morgan fingerprint density at radius 3 is 2.50 bits per heavy atom. The molecule has 3 N–H and O–H groups in total. The summed E-state index contributed by atoms with van der Waals surface area (Å²) in [5, 5.41) is 12.1. The van der Waals surface area contributed by atoms with E-state index in [9.17, 15) is 0 Å². The van der Waals surface area contributed by atoms with Crippen molar-refractivity contribution in [1.29, 1.82) is 0 Å². The van der Waals surface area contributed by atoms with E-state index < -0.39 is 0 Å². The minimum Gasteiger partial charge on any atom is -0.414 e. The summed E-state index contributed by atoms with van der Waals surface area (Å²) in [6.45, 7) is 7.17. The second-order valence-corrected chi connectivity index (χ2v) is 9.42. The highest BCUT2D eigenvalue weighted by atomic mass is 32.2. The van der Waals surface area contributed by atoms with Gasteiger partial charge in [0.25, 0.3) is 5.89 Å². The first-order valence-electron chi connectivity index (χ1n) is 10.4. The van der Waals surface area contributed by atoms with Gasteiger partial charge < -0.3 is 15.5 Å². The lowest BCUT2D eigenvalue weighted by molar-refractivity contribution is 0.581. The van der Waals surface area contributed by atoms with E-state index in [2.05, 4.69) is 57.5 Å². The van der Waals surface area contributed by atoms with Crippen LogP contribution in [0.5, 0.6) is 0 Å². The number of rotatable bonds is 7. The number of nitrogens with zero attached hydrogens (tertiary/aromatic N) is 4. The third-order valence-corrected chi connectivity index (χ3v) is 5.87.